The van der Waals surface area contributed by atoms with Crippen LogP contribution >= 0.6 is 0 Å². The molecule has 0 aromatic carbocycles. The summed E-state index contributed by atoms with van der Waals surface area (Å²) in [5.74, 6) is 0.688. The smallest absolute Gasteiger partial charge is 0.413 e. The number of hydrogen-bond acceptors (Lipinski definition) is 9. The van der Waals surface area contributed by atoms with Crippen LogP contribution in [0, 0.1) is 23.2 Å². The average molecular weight is 604 g/mol. The lowest BCUT2D eigenvalue weighted by molar-refractivity contribution is -0.124. The van der Waals surface area contributed by atoms with Crippen molar-refractivity contribution in [3.63, 3.8) is 0 Å². The van der Waals surface area contributed by atoms with E-state index in [1.165, 1.54) is 6.42 Å². The molecule has 1 atom stereocenters. The standard InChI is InChI=1S/C31H53N7O5/c1-25(2)23-43-30(40)34-29(38-16-20-42-21-17-38)33-27(22-26-6-4-3-5-7-26)28(39)35-31(24-32)8-10-36(11-9-31)12-13-37-14-18-41-19-15-37/h25-27H,3-23H2,1-2H3,(H,35,39)(H,33,34,40)/t27-/m0/s1. The number of guanidine groups is 1. The highest BCUT2D eigenvalue weighted by molar-refractivity contribution is 5.96. The average Bonchev–Trinajstić information content (AvgIpc) is 3.04. The van der Waals surface area contributed by atoms with E-state index in [9.17, 15) is 14.9 Å². The molecule has 0 aromatic heterocycles. The van der Waals surface area contributed by atoms with Crippen LogP contribution in [0.2, 0.25) is 0 Å². The predicted octanol–water partition coefficient (Wildman–Crippen LogP) is 2.20. The summed E-state index contributed by atoms with van der Waals surface area (Å²) in [4.78, 5) is 38.4. The van der Waals surface area contributed by atoms with Crippen molar-refractivity contribution in [2.75, 3.05) is 85.4 Å². The number of morpholine rings is 2. The predicted molar refractivity (Wildman–Crippen MR) is 164 cm³/mol. The van der Waals surface area contributed by atoms with Crippen molar-refractivity contribution in [3.05, 3.63) is 0 Å². The first-order chi connectivity index (χ1) is 20.9. The third-order valence-corrected chi connectivity index (χ3v) is 9.06. The Bertz CT molecular complexity index is 945. The highest BCUT2D eigenvalue weighted by atomic mass is 16.5. The Morgan fingerprint density at radius 1 is 0.953 bits per heavy atom. The quantitative estimate of drug-likeness (QED) is 0.285. The number of nitrogens with zero attached hydrogens (tertiary/aromatic N) is 5. The number of carbonyl (C=O) groups excluding carboxylic acids is 2. The summed E-state index contributed by atoms with van der Waals surface area (Å²) in [5, 5.41) is 16.3. The van der Waals surface area contributed by atoms with E-state index in [2.05, 4.69) is 26.5 Å². The van der Waals surface area contributed by atoms with Crippen LogP contribution in [0.15, 0.2) is 4.99 Å². The lowest BCUT2D eigenvalue weighted by Gasteiger charge is -2.39. The molecule has 0 radical (unpaired) electrons. The van der Waals surface area contributed by atoms with Gasteiger partial charge in [-0.1, -0.05) is 46.0 Å². The van der Waals surface area contributed by atoms with Gasteiger partial charge in [0.05, 0.1) is 39.1 Å². The van der Waals surface area contributed by atoms with Crippen LogP contribution in [-0.4, -0.2) is 130 Å². The molecule has 0 unspecified atom stereocenters. The fourth-order valence-electron chi connectivity index (χ4n) is 6.29. The van der Waals surface area contributed by atoms with Crippen molar-refractivity contribution in [1.29, 1.82) is 5.26 Å². The zero-order valence-corrected chi connectivity index (χ0v) is 26.4. The van der Waals surface area contributed by atoms with Gasteiger partial charge in [-0.3, -0.25) is 15.0 Å². The minimum Gasteiger partial charge on any atom is -0.449 e. The monoisotopic (exact) mass is 603 g/mol. The van der Waals surface area contributed by atoms with Gasteiger partial charge in [0.1, 0.15) is 11.6 Å². The second-order valence-electron chi connectivity index (χ2n) is 12.9. The Hall–Kier alpha value is -2.46. The number of amides is 2. The molecule has 3 heterocycles. The molecule has 43 heavy (non-hydrogen) atoms. The minimum absolute atomic E-state index is 0.201. The van der Waals surface area contributed by atoms with Crippen LogP contribution in [0.25, 0.3) is 0 Å². The third-order valence-electron chi connectivity index (χ3n) is 9.06. The number of nitrogens with one attached hydrogen (secondary N) is 2. The summed E-state index contributed by atoms with van der Waals surface area (Å²) in [6.45, 7) is 13.4. The Labute approximate surface area is 257 Å². The Kier molecular flexibility index (Phi) is 13.3. The molecule has 1 saturated carbocycles. The van der Waals surface area contributed by atoms with Gasteiger partial charge in [-0.05, 0) is 31.1 Å². The molecule has 4 fully saturated rings. The minimum atomic E-state index is -0.921. The lowest BCUT2D eigenvalue weighted by atomic mass is 9.84. The number of aliphatic imine (C=N–C) groups is 1. The molecule has 0 bridgehead atoms. The summed E-state index contributed by atoms with van der Waals surface area (Å²) in [7, 11) is 0. The van der Waals surface area contributed by atoms with E-state index >= 15 is 0 Å². The lowest BCUT2D eigenvalue weighted by Crippen LogP contribution is -2.57. The van der Waals surface area contributed by atoms with Crippen molar-refractivity contribution in [3.8, 4) is 6.07 Å². The molecule has 0 spiro atoms. The summed E-state index contributed by atoms with van der Waals surface area (Å²) >= 11 is 0. The number of alkyl carbamates (subject to hydrolysis) is 1. The van der Waals surface area contributed by atoms with Gasteiger partial charge in [0.2, 0.25) is 11.9 Å². The molecule has 12 nitrogen and oxygen atoms in total. The van der Waals surface area contributed by atoms with Gasteiger partial charge in [-0.2, -0.15) is 5.26 Å². The van der Waals surface area contributed by atoms with Crippen molar-refractivity contribution < 1.29 is 23.8 Å². The van der Waals surface area contributed by atoms with Crippen LogP contribution < -0.4 is 10.6 Å². The van der Waals surface area contributed by atoms with Crippen molar-refractivity contribution in [1.82, 2.24) is 25.3 Å². The molecule has 1 aliphatic carbocycles. The SMILES string of the molecule is CC(C)COC(=O)NC(=N[C@@H](CC1CCCCC1)C(=O)NC1(C#N)CCN(CCN2CCOCC2)CC1)N1CCOCC1. The first-order valence-corrected chi connectivity index (χ1v) is 16.5. The van der Waals surface area contributed by atoms with Crippen LogP contribution in [0.5, 0.6) is 0 Å². The maximum absolute atomic E-state index is 14.0. The normalized spacial score (nSPS) is 23.4. The molecule has 4 rings (SSSR count). The zero-order chi connectivity index (χ0) is 30.5. The molecular weight excluding hydrogens is 550 g/mol. The van der Waals surface area contributed by atoms with Gasteiger partial charge in [0.25, 0.3) is 0 Å². The van der Waals surface area contributed by atoms with E-state index in [-0.39, 0.29) is 11.8 Å². The Balaban J connectivity index is 1.44. The number of carbonyl (C=O) groups is 2. The van der Waals surface area contributed by atoms with E-state index in [1.54, 1.807) is 0 Å². The third kappa shape index (κ3) is 10.9. The van der Waals surface area contributed by atoms with E-state index in [4.69, 9.17) is 19.2 Å². The summed E-state index contributed by atoms with van der Waals surface area (Å²) < 4.78 is 16.4. The van der Waals surface area contributed by atoms with E-state index in [0.29, 0.717) is 64.1 Å². The molecule has 4 aliphatic rings. The second kappa shape index (κ2) is 17.1. The first kappa shape index (κ1) is 33.4. The topological polar surface area (TPSA) is 132 Å². The molecule has 2 N–H and O–H groups in total. The Morgan fingerprint density at radius 2 is 1.56 bits per heavy atom. The zero-order valence-electron chi connectivity index (χ0n) is 26.4. The summed E-state index contributed by atoms with van der Waals surface area (Å²) in [6.07, 6.45) is 6.84. The number of likely N-dealkylation sites (tertiary alicyclic amines) is 1. The molecule has 242 valence electrons. The molecule has 2 amide bonds. The van der Waals surface area contributed by atoms with Crippen molar-refractivity contribution in [2.24, 2.45) is 16.8 Å². The maximum Gasteiger partial charge on any atom is 0.413 e. The van der Waals surface area contributed by atoms with Gasteiger partial charge < -0.3 is 29.3 Å². The largest absolute Gasteiger partial charge is 0.449 e. The van der Waals surface area contributed by atoms with Crippen LogP contribution in [-0.2, 0) is 19.0 Å². The first-order valence-electron chi connectivity index (χ1n) is 16.5. The van der Waals surface area contributed by atoms with Crippen molar-refractivity contribution in [2.45, 2.75) is 76.8 Å². The Morgan fingerprint density at radius 3 is 2.16 bits per heavy atom. The van der Waals surface area contributed by atoms with E-state index in [1.807, 2.05) is 18.7 Å². The van der Waals surface area contributed by atoms with Gasteiger partial charge in [0, 0.05) is 52.4 Å². The van der Waals surface area contributed by atoms with Crippen LogP contribution in [0.1, 0.15) is 65.2 Å². The maximum atomic E-state index is 14.0. The number of nitriles is 1. The number of rotatable bonds is 10. The number of piperidine rings is 1. The van der Waals surface area contributed by atoms with Gasteiger partial charge in [-0.15, -0.1) is 0 Å². The van der Waals surface area contributed by atoms with E-state index in [0.717, 1.165) is 78.2 Å². The fraction of sp³-hybridized carbons (Fsp3) is 0.871. The van der Waals surface area contributed by atoms with Gasteiger partial charge >= 0.3 is 6.09 Å². The fourth-order valence-corrected chi connectivity index (χ4v) is 6.29. The number of hydrogen-bond donors (Lipinski definition) is 2. The molecule has 12 heteroatoms. The highest BCUT2D eigenvalue weighted by Gasteiger charge is 2.38. The molecular formula is C31H53N7O5. The number of ether oxygens (including phenoxy) is 3. The van der Waals surface area contributed by atoms with Crippen LogP contribution in [0.4, 0.5) is 4.79 Å². The van der Waals surface area contributed by atoms with Crippen LogP contribution in [0.3, 0.4) is 0 Å². The van der Waals surface area contributed by atoms with E-state index < -0.39 is 17.7 Å². The molecule has 3 aliphatic heterocycles. The summed E-state index contributed by atoms with van der Waals surface area (Å²) in [5.41, 5.74) is -0.921. The van der Waals surface area contributed by atoms with Crippen molar-refractivity contribution >= 4 is 18.0 Å². The van der Waals surface area contributed by atoms with Gasteiger partial charge in [0.15, 0.2) is 0 Å². The summed E-state index contributed by atoms with van der Waals surface area (Å²) in [6, 6.07) is 1.75. The second-order valence-corrected chi connectivity index (χ2v) is 12.9. The molecule has 3 saturated heterocycles. The molecule has 0 aromatic rings. The van der Waals surface area contributed by atoms with Gasteiger partial charge in [-0.25, -0.2) is 9.79 Å². The highest BCUT2D eigenvalue weighted by Crippen LogP contribution is 2.29.